The van der Waals surface area contributed by atoms with E-state index in [1.165, 1.54) is 0 Å². The first-order chi connectivity index (χ1) is 15.6. The number of anilines is 1. The molecule has 1 amide bonds. The average Bonchev–Trinajstić information content (AvgIpc) is 2.85. The molecule has 1 N–H and O–H groups in total. The molecule has 0 aromatic heterocycles. The fourth-order valence-electron chi connectivity index (χ4n) is 3.42. The van der Waals surface area contributed by atoms with Crippen LogP contribution < -0.4 is 10.1 Å². The van der Waals surface area contributed by atoms with E-state index in [4.69, 9.17) is 10.00 Å². The summed E-state index contributed by atoms with van der Waals surface area (Å²) in [6, 6.07) is 34.7. The zero-order valence-electron chi connectivity index (χ0n) is 17.7. The molecular weight excluding hydrogens is 396 g/mol. The Kier molecular flexibility index (Phi) is 6.29. The standard InChI is InChI=1S/C28H22N2O2/c1-20(28(31)30-27-10-6-5-9-26(27)24-7-3-2-4-8-24)32-25-17-15-23(16-18-25)22-13-11-21(19-29)12-14-22/h2-18,20H,1H3,(H,30,31)/t20-/m1/s1. The van der Waals surface area contributed by atoms with Crippen LogP contribution in [0.4, 0.5) is 5.69 Å². The van der Waals surface area contributed by atoms with Gasteiger partial charge in [0.15, 0.2) is 6.10 Å². The van der Waals surface area contributed by atoms with Crippen LogP contribution in [0, 0.1) is 11.3 Å². The van der Waals surface area contributed by atoms with Crippen molar-refractivity contribution in [3.63, 3.8) is 0 Å². The molecule has 0 aliphatic carbocycles. The van der Waals surface area contributed by atoms with Crippen LogP contribution in [0.15, 0.2) is 103 Å². The van der Waals surface area contributed by atoms with Gasteiger partial charge in [-0.15, -0.1) is 0 Å². The van der Waals surface area contributed by atoms with Crippen molar-refractivity contribution in [2.75, 3.05) is 5.32 Å². The molecule has 4 nitrogen and oxygen atoms in total. The van der Waals surface area contributed by atoms with E-state index in [-0.39, 0.29) is 5.91 Å². The Morgan fingerprint density at radius 1 is 0.781 bits per heavy atom. The predicted octanol–water partition coefficient (Wildman–Crippen LogP) is 6.30. The Morgan fingerprint density at radius 3 is 2.03 bits per heavy atom. The fourth-order valence-corrected chi connectivity index (χ4v) is 3.42. The Bertz CT molecular complexity index is 1240. The fraction of sp³-hybridized carbons (Fsp3) is 0.0714. The maximum atomic E-state index is 12.8. The molecule has 156 valence electrons. The van der Waals surface area contributed by atoms with Crippen molar-refractivity contribution < 1.29 is 9.53 Å². The number of rotatable bonds is 6. The highest BCUT2D eigenvalue weighted by atomic mass is 16.5. The molecule has 0 spiro atoms. The summed E-state index contributed by atoms with van der Waals surface area (Å²) in [6.07, 6.45) is -0.667. The number of nitriles is 1. The molecule has 0 bridgehead atoms. The van der Waals surface area contributed by atoms with Crippen LogP contribution in [0.3, 0.4) is 0 Å². The van der Waals surface area contributed by atoms with E-state index in [0.29, 0.717) is 11.3 Å². The highest BCUT2D eigenvalue weighted by Crippen LogP contribution is 2.28. The Labute approximate surface area is 187 Å². The summed E-state index contributed by atoms with van der Waals surface area (Å²) >= 11 is 0. The summed E-state index contributed by atoms with van der Waals surface area (Å²) in [6.45, 7) is 1.73. The third kappa shape index (κ3) is 4.85. The summed E-state index contributed by atoms with van der Waals surface area (Å²) < 4.78 is 5.87. The molecule has 4 heteroatoms. The van der Waals surface area contributed by atoms with Crippen molar-refractivity contribution in [2.45, 2.75) is 13.0 Å². The Balaban J connectivity index is 1.43. The van der Waals surface area contributed by atoms with Gasteiger partial charge in [0.05, 0.1) is 11.6 Å². The number of hydrogen-bond acceptors (Lipinski definition) is 3. The largest absolute Gasteiger partial charge is 0.481 e. The minimum atomic E-state index is -0.667. The number of ether oxygens (including phenoxy) is 1. The Morgan fingerprint density at radius 2 is 1.38 bits per heavy atom. The molecule has 4 aromatic carbocycles. The lowest BCUT2D eigenvalue weighted by Crippen LogP contribution is -2.30. The van der Waals surface area contributed by atoms with Crippen molar-refractivity contribution in [3.8, 4) is 34.1 Å². The average molecular weight is 418 g/mol. The van der Waals surface area contributed by atoms with E-state index in [2.05, 4.69) is 11.4 Å². The number of nitrogens with one attached hydrogen (secondary N) is 1. The summed E-state index contributed by atoms with van der Waals surface area (Å²) in [4.78, 5) is 12.8. The number of benzene rings is 4. The maximum absolute atomic E-state index is 12.8. The first kappa shape index (κ1) is 20.9. The molecule has 0 radical (unpaired) electrons. The number of amides is 1. The molecule has 0 heterocycles. The van der Waals surface area contributed by atoms with Gasteiger partial charge in [0.2, 0.25) is 0 Å². The number of hydrogen-bond donors (Lipinski definition) is 1. The van der Waals surface area contributed by atoms with Gasteiger partial charge < -0.3 is 10.1 Å². The normalized spacial score (nSPS) is 11.2. The molecule has 0 aliphatic rings. The highest BCUT2D eigenvalue weighted by Gasteiger charge is 2.17. The van der Waals surface area contributed by atoms with Gasteiger partial charge in [-0.1, -0.05) is 72.8 Å². The van der Waals surface area contributed by atoms with E-state index in [1.54, 1.807) is 19.1 Å². The first-order valence-electron chi connectivity index (χ1n) is 10.4. The quantitative estimate of drug-likeness (QED) is 0.400. The molecule has 4 aromatic rings. The molecular formula is C28H22N2O2. The van der Waals surface area contributed by atoms with E-state index in [1.807, 2.05) is 91.0 Å². The van der Waals surface area contributed by atoms with Crippen molar-refractivity contribution in [1.29, 1.82) is 5.26 Å². The monoisotopic (exact) mass is 418 g/mol. The molecule has 32 heavy (non-hydrogen) atoms. The molecule has 0 unspecified atom stereocenters. The van der Waals surface area contributed by atoms with Gasteiger partial charge in [-0.05, 0) is 53.9 Å². The van der Waals surface area contributed by atoms with Gasteiger partial charge in [0.25, 0.3) is 5.91 Å². The van der Waals surface area contributed by atoms with Crippen LogP contribution in [0.2, 0.25) is 0 Å². The smallest absolute Gasteiger partial charge is 0.265 e. The zero-order chi connectivity index (χ0) is 22.3. The van der Waals surface area contributed by atoms with Gasteiger partial charge in [0.1, 0.15) is 5.75 Å². The van der Waals surface area contributed by atoms with E-state index >= 15 is 0 Å². The van der Waals surface area contributed by atoms with Gasteiger partial charge in [-0.3, -0.25) is 4.79 Å². The SMILES string of the molecule is C[C@@H](Oc1ccc(-c2ccc(C#N)cc2)cc1)C(=O)Nc1ccccc1-c1ccccc1. The van der Waals surface area contributed by atoms with Crippen LogP contribution in [0.5, 0.6) is 5.75 Å². The third-order valence-corrected chi connectivity index (χ3v) is 5.15. The van der Waals surface area contributed by atoms with Crippen LogP contribution in [-0.2, 0) is 4.79 Å². The molecule has 0 saturated heterocycles. The number of para-hydroxylation sites is 1. The van der Waals surface area contributed by atoms with E-state index in [0.717, 1.165) is 27.9 Å². The minimum Gasteiger partial charge on any atom is -0.481 e. The second-order valence-electron chi connectivity index (χ2n) is 7.37. The number of carbonyl (C=O) groups is 1. The molecule has 0 aliphatic heterocycles. The molecule has 1 atom stereocenters. The number of nitrogens with zero attached hydrogens (tertiary/aromatic N) is 1. The maximum Gasteiger partial charge on any atom is 0.265 e. The van der Waals surface area contributed by atoms with Crippen LogP contribution in [-0.4, -0.2) is 12.0 Å². The summed E-state index contributed by atoms with van der Waals surface area (Å²) in [7, 11) is 0. The minimum absolute atomic E-state index is 0.218. The lowest BCUT2D eigenvalue weighted by Gasteiger charge is -2.17. The third-order valence-electron chi connectivity index (χ3n) is 5.15. The Hall–Kier alpha value is -4.36. The van der Waals surface area contributed by atoms with Crippen molar-refractivity contribution in [1.82, 2.24) is 0 Å². The van der Waals surface area contributed by atoms with Crippen molar-refractivity contribution in [2.24, 2.45) is 0 Å². The van der Waals surface area contributed by atoms with Gasteiger partial charge >= 0.3 is 0 Å². The second-order valence-corrected chi connectivity index (χ2v) is 7.37. The number of carbonyl (C=O) groups excluding carboxylic acids is 1. The lowest BCUT2D eigenvalue weighted by molar-refractivity contribution is -0.122. The molecule has 0 fully saturated rings. The molecule has 4 rings (SSSR count). The first-order valence-corrected chi connectivity index (χ1v) is 10.4. The van der Waals surface area contributed by atoms with Crippen molar-refractivity contribution >= 4 is 11.6 Å². The van der Waals surface area contributed by atoms with Crippen LogP contribution in [0.1, 0.15) is 12.5 Å². The summed E-state index contributed by atoms with van der Waals surface area (Å²) in [5, 5.41) is 11.9. The van der Waals surface area contributed by atoms with Gasteiger partial charge in [0, 0.05) is 11.3 Å². The van der Waals surface area contributed by atoms with Crippen molar-refractivity contribution in [3.05, 3.63) is 109 Å². The van der Waals surface area contributed by atoms with Gasteiger partial charge in [-0.2, -0.15) is 5.26 Å². The summed E-state index contributed by atoms with van der Waals surface area (Å²) in [5.74, 6) is 0.394. The summed E-state index contributed by atoms with van der Waals surface area (Å²) in [5.41, 5.74) is 5.39. The van der Waals surface area contributed by atoms with Crippen LogP contribution in [0.25, 0.3) is 22.3 Å². The second kappa shape index (κ2) is 9.63. The van der Waals surface area contributed by atoms with Gasteiger partial charge in [-0.25, -0.2) is 0 Å². The topological polar surface area (TPSA) is 62.1 Å². The van der Waals surface area contributed by atoms with E-state index in [9.17, 15) is 4.79 Å². The molecule has 0 saturated carbocycles. The highest BCUT2D eigenvalue weighted by molar-refractivity contribution is 5.98. The predicted molar refractivity (Wildman–Crippen MR) is 127 cm³/mol. The van der Waals surface area contributed by atoms with E-state index < -0.39 is 6.10 Å². The zero-order valence-corrected chi connectivity index (χ0v) is 17.7. The lowest BCUT2D eigenvalue weighted by atomic mass is 10.0. The van der Waals surface area contributed by atoms with Crippen LogP contribution >= 0.6 is 0 Å².